The van der Waals surface area contributed by atoms with Crippen LogP contribution in [0, 0.1) is 13.7 Å². The van der Waals surface area contributed by atoms with Crippen LogP contribution < -0.4 is 4.74 Å². The zero-order valence-electron chi connectivity index (χ0n) is 14.0. The fourth-order valence-corrected chi connectivity index (χ4v) is 3.46. The van der Waals surface area contributed by atoms with Crippen LogP contribution in [0.3, 0.4) is 0 Å². The Kier molecular flexibility index (Phi) is 4.48. The van der Waals surface area contributed by atoms with Crippen LogP contribution in [0.5, 0.6) is 5.75 Å². The molecule has 7 nitrogen and oxygen atoms in total. The normalized spacial score (nSPS) is 10.9. The van der Waals surface area contributed by atoms with E-state index in [1.807, 2.05) is 59.0 Å². The second kappa shape index (κ2) is 6.95. The molecule has 0 N–H and O–H groups in total. The van der Waals surface area contributed by atoms with E-state index in [-0.39, 0.29) is 17.5 Å². The van der Waals surface area contributed by atoms with Gasteiger partial charge in [-0.25, -0.2) is 0 Å². The van der Waals surface area contributed by atoms with E-state index in [0.29, 0.717) is 20.4 Å². The summed E-state index contributed by atoms with van der Waals surface area (Å²) < 4.78 is 12.0. The SMILES string of the molecule is COc1cc2ccccc2cc1-c1nnc(-c2cc(I)cc([N+](=O)[O-])c2)o1. The van der Waals surface area contributed by atoms with Crippen LogP contribution in [0.25, 0.3) is 33.7 Å². The van der Waals surface area contributed by atoms with Crippen molar-refractivity contribution in [2.24, 2.45) is 0 Å². The molecule has 1 heterocycles. The van der Waals surface area contributed by atoms with E-state index in [1.54, 1.807) is 13.2 Å². The Bertz CT molecular complexity index is 1170. The minimum atomic E-state index is -0.449. The number of hydrogen-bond acceptors (Lipinski definition) is 6. The topological polar surface area (TPSA) is 91.3 Å². The van der Waals surface area contributed by atoms with Crippen LogP contribution in [-0.4, -0.2) is 22.2 Å². The zero-order chi connectivity index (χ0) is 19.0. The van der Waals surface area contributed by atoms with Crippen molar-refractivity contribution in [2.45, 2.75) is 0 Å². The van der Waals surface area contributed by atoms with E-state index < -0.39 is 4.92 Å². The molecule has 0 saturated carbocycles. The van der Waals surface area contributed by atoms with Gasteiger partial charge in [-0.3, -0.25) is 10.1 Å². The highest BCUT2D eigenvalue weighted by Crippen LogP contribution is 2.35. The summed E-state index contributed by atoms with van der Waals surface area (Å²) in [4.78, 5) is 10.6. The van der Waals surface area contributed by atoms with Crippen LogP contribution in [0.2, 0.25) is 0 Å². The summed E-state index contributed by atoms with van der Waals surface area (Å²) in [6.07, 6.45) is 0. The van der Waals surface area contributed by atoms with E-state index >= 15 is 0 Å². The second-order valence-corrected chi connectivity index (χ2v) is 7.01. The van der Waals surface area contributed by atoms with Crippen molar-refractivity contribution in [3.05, 3.63) is 68.3 Å². The Morgan fingerprint density at radius 3 is 2.44 bits per heavy atom. The van der Waals surface area contributed by atoms with E-state index in [1.165, 1.54) is 12.1 Å². The molecular weight excluding hydrogens is 461 g/mol. The van der Waals surface area contributed by atoms with Gasteiger partial charge in [-0.1, -0.05) is 24.3 Å². The molecule has 0 aliphatic carbocycles. The summed E-state index contributed by atoms with van der Waals surface area (Å²) in [5.74, 6) is 1.11. The van der Waals surface area contributed by atoms with Gasteiger partial charge in [-0.2, -0.15) is 0 Å². The predicted molar refractivity (Wildman–Crippen MR) is 109 cm³/mol. The molecule has 0 fully saturated rings. The van der Waals surface area contributed by atoms with E-state index in [4.69, 9.17) is 9.15 Å². The van der Waals surface area contributed by atoms with Crippen LogP contribution >= 0.6 is 22.6 Å². The summed E-state index contributed by atoms with van der Waals surface area (Å²) in [5, 5.41) is 21.3. The van der Waals surface area contributed by atoms with Crippen molar-refractivity contribution in [3.63, 3.8) is 0 Å². The van der Waals surface area contributed by atoms with Gasteiger partial charge < -0.3 is 9.15 Å². The van der Waals surface area contributed by atoms with Crippen LogP contribution in [0.4, 0.5) is 5.69 Å². The maximum atomic E-state index is 11.1. The molecule has 3 aromatic carbocycles. The van der Waals surface area contributed by atoms with Gasteiger partial charge in [-0.05, 0) is 51.6 Å². The number of nitrogens with zero attached hydrogens (tertiary/aromatic N) is 3. The molecule has 0 amide bonds. The first-order chi connectivity index (χ1) is 13.0. The molecule has 0 spiro atoms. The molecule has 134 valence electrons. The predicted octanol–water partition coefficient (Wildman–Crippen LogP) is 5.08. The molecule has 0 saturated heterocycles. The summed E-state index contributed by atoms with van der Waals surface area (Å²) >= 11 is 2.02. The van der Waals surface area contributed by atoms with Gasteiger partial charge >= 0.3 is 0 Å². The number of benzene rings is 3. The van der Waals surface area contributed by atoms with E-state index in [9.17, 15) is 10.1 Å². The van der Waals surface area contributed by atoms with Gasteiger partial charge in [0.2, 0.25) is 5.89 Å². The summed E-state index contributed by atoms with van der Waals surface area (Å²) in [5.41, 5.74) is 1.13. The minimum absolute atomic E-state index is 0.0278. The molecule has 0 aliphatic heterocycles. The van der Waals surface area contributed by atoms with Gasteiger partial charge in [0.25, 0.3) is 11.6 Å². The van der Waals surface area contributed by atoms with Crippen molar-refractivity contribution < 1.29 is 14.1 Å². The number of nitro groups is 1. The Morgan fingerprint density at radius 1 is 1.04 bits per heavy atom. The van der Waals surface area contributed by atoms with Gasteiger partial charge in [0.05, 0.1) is 17.6 Å². The van der Waals surface area contributed by atoms with Gasteiger partial charge in [0.15, 0.2) is 0 Å². The number of nitro benzene ring substituents is 1. The zero-order valence-corrected chi connectivity index (χ0v) is 16.2. The Morgan fingerprint density at radius 2 is 1.74 bits per heavy atom. The maximum absolute atomic E-state index is 11.1. The summed E-state index contributed by atoms with van der Waals surface area (Å²) in [6.45, 7) is 0. The number of methoxy groups -OCH3 is 1. The number of halogens is 1. The Hall–Kier alpha value is -3.01. The monoisotopic (exact) mass is 473 g/mol. The van der Waals surface area contributed by atoms with Crippen molar-refractivity contribution in [1.82, 2.24) is 10.2 Å². The van der Waals surface area contributed by atoms with Crippen molar-refractivity contribution in [2.75, 3.05) is 7.11 Å². The number of non-ortho nitro benzene ring substituents is 1. The average molecular weight is 473 g/mol. The molecule has 27 heavy (non-hydrogen) atoms. The van der Waals surface area contributed by atoms with Crippen molar-refractivity contribution in [1.29, 1.82) is 0 Å². The molecule has 8 heteroatoms. The standard InChI is InChI=1S/C19H12IN3O4/c1-26-17-9-12-5-3-2-4-11(12)8-16(17)19-22-21-18(27-19)13-6-14(20)10-15(7-13)23(24)25/h2-10H,1H3. The number of hydrogen-bond donors (Lipinski definition) is 0. The molecule has 0 radical (unpaired) electrons. The smallest absolute Gasteiger partial charge is 0.271 e. The number of aromatic nitrogens is 2. The number of rotatable bonds is 4. The molecule has 1 aromatic heterocycles. The van der Waals surface area contributed by atoms with Crippen LogP contribution in [0.15, 0.2) is 59.0 Å². The highest BCUT2D eigenvalue weighted by Gasteiger charge is 2.18. The van der Waals surface area contributed by atoms with Crippen LogP contribution in [0.1, 0.15) is 0 Å². The molecule has 0 aliphatic rings. The third-order valence-electron chi connectivity index (χ3n) is 4.06. The van der Waals surface area contributed by atoms with Gasteiger partial charge in [-0.15, -0.1) is 10.2 Å². The lowest BCUT2D eigenvalue weighted by Crippen LogP contribution is -1.90. The lowest BCUT2D eigenvalue weighted by atomic mass is 10.1. The molecule has 0 atom stereocenters. The van der Waals surface area contributed by atoms with Crippen molar-refractivity contribution >= 4 is 39.1 Å². The lowest BCUT2D eigenvalue weighted by Gasteiger charge is -2.07. The average Bonchev–Trinajstić information content (AvgIpc) is 3.16. The molecule has 4 aromatic rings. The summed E-state index contributed by atoms with van der Waals surface area (Å²) in [6, 6.07) is 16.4. The fraction of sp³-hybridized carbons (Fsp3) is 0.0526. The first kappa shape index (κ1) is 17.4. The molecule has 0 unspecified atom stereocenters. The van der Waals surface area contributed by atoms with E-state index in [2.05, 4.69) is 10.2 Å². The van der Waals surface area contributed by atoms with Gasteiger partial charge in [0.1, 0.15) is 5.75 Å². The number of fused-ring (bicyclic) bond motifs is 1. The first-order valence-corrected chi connectivity index (χ1v) is 8.99. The molecular formula is C19H12IN3O4. The Balaban J connectivity index is 1.81. The maximum Gasteiger partial charge on any atom is 0.271 e. The van der Waals surface area contributed by atoms with Gasteiger partial charge in [0, 0.05) is 21.3 Å². The largest absolute Gasteiger partial charge is 0.496 e. The van der Waals surface area contributed by atoms with E-state index in [0.717, 1.165) is 10.8 Å². The fourth-order valence-electron chi connectivity index (χ4n) is 2.81. The minimum Gasteiger partial charge on any atom is -0.496 e. The molecule has 0 bridgehead atoms. The first-order valence-electron chi connectivity index (χ1n) is 7.91. The highest BCUT2D eigenvalue weighted by atomic mass is 127. The lowest BCUT2D eigenvalue weighted by molar-refractivity contribution is -0.384. The third kappa shape index (κ3) is 3.35. The molecule has 4 rings (SSSR count). The van der Waals surface area contributed by atoms with Crippen LogP contribution in [-0.2, 0) is 0 Å². The quantitative estimate of drug-likeness (QED) is 0.233. The Labute approximate surface area is 167 Å². The second-order valence-electron chi connectivity index (χ2n) is 5.77. The third-order valence-corrected chi connectivity index (χ3v) is 4.69. The van der Waals surface area contributed by atoms with Crippen molar-refractivity contribution in [3.8, 4) is 28.7 Å². The summed E-state index contributed by atoms with van der Waals surface area (Å²) in [7, 11) is 1.58. The highest BCUT2D eigenvalue weighted by molar-refractivity contribution is 14.1. The number of ether oxygens (including phenoxy) is 1.